The van der Waals surface area contributed by atoms with E-state index in [2.05, 4.69) is 5.32 Å². The van der Waals surface area contributed by atoms with Crippen molar-refractivity contribution in [3.05, 3.63) is 58.6 Å². The van der Waals surface area contributed by atoms with Gasteiger partial charge in [0.1, 0.15) is 11.6 Å². The highest BCUT2D eigenvalue weighted by Crippen LogP contribution is 2.39. The third-order valence-corrected chi connectivity index (χ3v) is 6.23. The molecule has 0 aromatic heterocycles. The molecule has 0 fully saturated rings. The maximum Gasteiger partial charge on any atom is 0.408 e. The van der Waals surface area contributed by atoms with Crippen LogP contribution in [0.1, 0.15) is 43.6 Å². The first-order valence-electron chi connectivity index (χ1n) is 10.0. The molecule has 0 radical (unpaired) electrons. The van der Waals surface area contributed by atoms with Crippen LogP contribution in [-0.4, -0.2) is 40.0 Å². The van der Waals surface area contributed by atoms with E-state index >= 15 is 0 Å². The predicted octanol–water partition coefficient (Wildman–Crippen LogP) is 4.96. The molecule has 0 bridgehead atoms. The number of amides is 2. The van der Waals surface area contributed by atoms with Crippen LogP contribution in [0.25, 0.3) is 0 Å². The van der Waals surface area contributed by atoms with Gasteiger partial charge in [0.25, 0.3) is 5.91 Å². The number of anilines is 1. The van der Waals surface area contributed by atoms with Crippen molar-refractivity contribution in [2.75, 3.05) is 4.90 Å². The number of thioether (sulfide) groups is 1. The number of fused-ring (bicyclic) bond motifs is 1. The van der Waals surface area contributed by atoms with Gasteiger partial charge in [0, 0.05) is 15.2 Å². The van der Waals surface area contributed by atoms with E-state index in [-0.39, 0.29) is 23.3 Å². The van der Waals surface area contributed by atoms with Crippen LogP contribution >= 0.6 is 23.4 Å². The Hall–Kier alpha value is -2.71. The predicted molar refractivity (Wildman–Crippen MR) is 125 cm³/mol. The molecule has 0 spiro atoms. The van der Waals surface area contributed by atoms with Gasteiger partial charge >= 0.3 is 12.1 Å². The number of hydrogen-bond donors (Lipinski definition) is 2. The van der Waals surface area contributed by atoms with Crippen molar-refractivity contribution in [2.24, 2.45) is 0 Å². The summed E-state index contributed by atoms with van der Waals surface area (Å²) in [6, 6.07) is 10.9. The number of aromatic carboxylic acids is 1. The number of rotatable bonds is 4. The third kappa shape index (κ3) is 5.75. The molecular weight excluding hydrogens is 452 g/mol. The molecule has 0 saturated heterocycles. The number of carboxylic acids is 1. The van der Waals surface area contributed by atoms with Gasteiger partial charge in [0.2, 0.25) is 0 Å². The molecule has 2 aromatic rings. The number of ether oxygens (including phenoxy) is 1. The van der Waals surface area contributed by atoms with Crippen molar-refractivity contribution < 1.29 is 24.2 Å². The lowest BCUT2D eigenvalue weighted by Gasteiger charge is -2.28. The van der Waals surface area contributed by atoms with E-state index in [1.165, 1.54) is 28.8 Å². The summed E-state index contributed by atoms with van der Waals surface area (Å²) in [5.41, 5.74) is 0.654. The molecule has 2 atom stereocenters. The summed E-state index contributed by atoms with van der Waals surface area (Å²) in [5, 5.41) is 12.4. The lowest BCUT2D eigenvalue weighted by atomic mass is 10.1. The average molecular weight is 477 g/mol. The number of nitrogens with zero attached hydrogens (tertiary/aromatic N) is 1. The second-order valence-corrected chi connectivity index (χ2v) is 10.3. The van der Waals surface area contributed by atoms with Gasteiger partial charge in [-0.15, -0.1) is 11.8 Å². The molecule has 2 N–H and O–H groups in total. The number of nitrogens with one attached hydrogen (secondary N) is 1. The summed E-state index contributed by atoms with van der Waals surface area (Å²) >= 11 is 7.38. The summed E-state index contributed by atoms with van der Waals surface area (Å²) < 4.78 is 5.35. The highest BCUT2D eigenvalue weighted by molar-refractivity contribution is 8.00. The quantitative estimate of drug-likeness (QED) is 0.647. The van der Waals surface area contributed by atoms with Crippen LogP contribution in [0.4, 0.5) is 10.5 Å². The Bertz CT molecular complexity index is 1040. The second-order valence-electron chi connectivity index (χ2n) is 8.49. The summed E-state index contributed by atoms with van der Waals surface area (Å²) in [6.45, 7) is 7.26. The fraction of sp³-hybridized carbons (Fsp3) is 0.348. The minimum Gasteiger partial charge on any atom is -0.478 e. The first-order chi connectivity index (χ1) is 14.9. The largest absolute Gasteiger partial charge is 0.478 e. The Balaban J connectivity index is 2.01. The summed E-state index contributed by atoms with van der Waals surface area (Å²) in [4.78, 5) is 39.9. The number of hydrogen-bond acceptors (Lipinski definition) is 5. The van der Waals surface area contributed by atoms with Crippen LogP contribution in [0.5, 0.6) is 0 Å². The van der Waals surface area contributed by atoms with E-state index < -0.39 is 23.7 Å². The van der Waals surface area contributed by atoms with Gasteiger partial charge in [-0.2, -0.15) is 0 Å². The van der Waals surface area contributed by atoms with E-state index in [1.807, 2.05) is 6.92 Å². The van der Waals surface area contributed by atoms with Crippen molar-refractivity contribution in [1.82, 2.24) is 5.32 Å². The van der Waals surface area contributed by atoms with Crippen LogP contribution < -0.4 is 10.2 Å². The van der Waals surface area contributed by atoms with Crippen molar-refractivity contribution in [3.8, 4) is 0 Å². The Labute approximate surface area is 196 Å². The lowest BCUT2D eigenvalue weighted by Crippen LogP contribution is -2.52. The topological polar surface area (TPSA) is 95.9 Å². The highest BCUT2D eigenvalue weighted by Gasteiger charge is 2.37. The van der Waals surface area contributed by atoms with E-state index in [0.717, 1.165) is 10.5 Å². The molecule has 2 amide bonds. The number of halogens is 1. The fourth-order valence-corrected chi connectivity index (χ4v) is 4.55. The van der Waals surface area contributed by atoms with Crippen LogP contribution in [0.2, 0.25) is 5.02 Å². The average Bonchev–Trinajstić information content (AvgIpc) is 2.78. The molecule has 2 aromatic carbocycles. The number of carbonyl (C=O) groups is 3. The Morgan fingerprint density at radius 2 is 1.84 bits per heavy atom. The summed E-state index contributed by atoms with van der Waals surface area (Å²) in [6.07, 6.45) is -0.688. The minimum atomic E-state index is -1.09. The van der Waals surface area contributed by atoms with E-state index in [4.69, 9.17) is 16.3 Å². The van der Waals surface area contributed by atoms with E-state index in [1.54, 1.807) is 51.1 Å². The van der Waals surface area contributed by atoms with Crippen LogP contribution in [0.3, 0.4) is 0 Å². The highest BCUT2D eigenvalue weighted by atomic mass is 35.5. The second kappa shape index (κ2) is 9.42. The first-order valence-corrected chi connectivity index (χ1v) is 11.3. The first kappa shape index (κ1) is 23.9. The Morgan fingerprint density at radius 3 is 2.44 bits per heavy atom. The van der Waals surface area contributed by atoms with Gasteiger partial charge in [-0.1, -0.05) is 30.7 Å². The number of carbonyl (C=O) groups excluding carboxylic acids is 2. The maximum atomic E-state index is 13.6. The Kier molecular flexibility index (Phi) is 7.05. The van der Waals surface area contributed by atoms with Gasteiger partial charge in [-0.3, -0.25) is 4.79 Å². The molecule has 1 aliphatic rings. The molecule has 1 aliphatic heterocycles. The summed E-state index contributed by atoms with van der Waals surface area (Å²) in [7, 11) is 0. The van der Waals surface area contributed by atoms with Crippen LogP contribution in [-0.2, 0) is 16.1 Å². The third-order valence-electron chi connectivity index (χ3n) is 4.74. The molecule has 7 nitrogen and oxygen atoms in total. The van der Waals surface area contributed by atoms with Crippen molar-refractivity contribution in [3.63, 3.8) is 0 Å². The molecular formula is C23H25ClN2O5S. The maximum absolute atomic E-state index is 13.6. The fourth-order valence-electron chi connectivity index (χ4n) is 3.27. The van der Waals surface area contributed by atoms with Crippen LogP contribution in [0, 0.1) is 0 Å². The Morgan fingerprint density at radius 1 is 1.19 bits per heavy atom. The van der Waals surface area contributed by atoms with Crippen LogP contribution in [0.15, 0.2) is 47.4 Å². The SMILES string of the molecule is CC1Sc2ccc(C(=O)O)cc2N(Cc2ccc(Cl)cc2)C(=O)[C@H]1NC(=O)OC(C)(C)C. The van der Waals surface area contributed by atoms with E-state index in [0.29, 0.717) is 10.7 Å². The zero-order valence-corrected chi connectivity index (χ0v) is 19.8. The van der Waals surface area contributed by atoms with E-state index in [9.17, 15) is 19.5 Å². The van der Waals surface area contributed by atoms with Crippen molar-refractivity contribution >= 4 is 47.0 Å². The van der Waals surface area contributed by atoms with Crippen molar-refractivity contribution in [1.29, 1.82) is 0 Å². The van der Waals surface area contributed by atoms with Gasteiger partial charge in [-0.25, -0.2) is 9.59 Å². The van der Waals surface area contributed by atoms with Gasteiger partial charge in [-0.05, 0) is 56.7 Å². The molecule has 0 aliphatic carbocycles. The molecule has 1 unspecified atom stereocenters. The number of alkyl carbamates (subject to hydrolysis) is 1. The number of benzene rings is 2. The van der Waals surface area contributed by atoms with Gasteiger partial charge < -0.3 is 20.1 Å². The summed E-state index contributed by atoms with van der Waals surface area (Å²) in [5.74, 6) is -1.44. The molecule has 9 heteroatoms. The molecule has 170 valence electrons. The zero-order valence-electron chi connectivity index (χ0n) is 18.2. The van der Waals surface area contributed by atoms with Crippen molar-refractivity contribution in [2.45, 2.75) is 56.0 Å². The monoisotopic (exact) mass is 476 g/mol. The van der Waals surface area contributed by atoms with Gasteiger partial charge in [0.15, 0.2) is 0 Å². The standard InChI is InChI=1S/C23H25ClN2O5S/c1-13-19(25-22(30)31-23(2,3)4)20(27)26(12-14-5-8-16(24)9-6-14)17-11-15(21(28)29)7-10-18(17)32-13/h5-11,13,19H,12H2,1-4H3,(H,25,30)(H,28,29)/t13?,19-/m0/s1. The smallest absolute Gasteiger partial charge is 0.408 e. The zero-order chi connectivity index (χ0) is 23.6. The van der Waals surface area contributed by atoms with Gasteiger partial charge in [0.05, 0.1) is 17.8 Å². The minimum absolute atomic E-state index is 0.0736. The molecule has 32 heavy (non-hydrogen) atoms. The molecule has 0 saturated carbocycles. The number of carboxylic acid groups (broad SMARTS) is 1. The lowest BCUT2D eigenvalue weighted by molar-refractivity contribution is -0.120. The molecule has 1 heterocycles. The normalized spacial score (nSPS) is 18.5. The molecule has 3 rings (SSSR count).